The molecule has 3 fully saturated rings. The predicted molar refractivity (Wildman–Crippen MR) is 150 cm³/mol. The summed E-state index contributed by atoms with van der Waals surface area (Å²) in [6.45, 7) is 24.9. The lowest BCUT2D eigenvalue weighted by molar-refractivity contribution is 0.0456. The Morgan fingerprint density at radius 3 is 0.971 bits per heavy atom. The van der Waals surface area contributed by atoms with E-state index in [9.17, 15) is 0 Å². The van der Waals surface area contributed by atoms with Crippen LogP contribution in [-0.2, 0) is 0 Å². The van der Waals surface area contributed by atoms with Gasteiger partial charge in [-0.2, -0.15) is 0 Å². The van der Waals surface area contributed by atoms with Crippen LogP contribution in [0.2, 0.25) is 0 Å². The van der Waals surface area contributed by atoms with Crippen molar-refractivity contribution >= 4 is 0 Å². The number of hydrogen-bond donors (Lipinski definition) is 2. The van der Waals surface area contributed by atoms with E-state index in [1.807, 2.05) is 0 Å². The van der Waals surface area contributed by atoms with Crippen LogP contribution in [0, 0.1) is 59.2 Å². The second kappa shape index (κ2) is 12.4. The first-order chi connectivity index (χ1) is 16.0. The minimum atomic E-state index is 0.648. The summed E-state index contributed by atoms with van der Waals surface area (Å²) in [6.07, 6.45) is 11.2. The highest BCUT2D eigenvalue weighted by molar-refractivity contribution is 5.00. The molecule has 34 heavy (non-hydrogen) atoms. The van der Waals surface area contributed by atoms with E-state index in [1.165, 1.54) is 51.4 Å². The molecule has 0 aromatic carbocycles. The summed E-state index contributed by atoms with van der Waals surface area (Å²) in [5, 5.41) is 8.83. The van der Waals surface area contributed by atoms with Crippen LogP contribution in [0.4, 0.5) is 0 Å². The second-order valence-corrected chi connectivity index (χ2v) is 14.7. The minimum Gasteiger partial charge on any atom is -0.309 e. The van der Waals surface area contributed by atoms with Crippen LogP contribution in [0.3, 0.4) is 0 Å². The van der Waals surface area contributed by atoms with Gasteiger partial charge in [0.1, 0.15) is 0 Å². The molecule has 0 aromatic rings. The summed E-state index contributed by atoms with van der Waals surface area (Å²) >= 11 is 0. The molecule has 2 N–H and O–H groups in total. The third-order valence-electron chi connectivity index (χ3n) is 10.5. The lowest BCUT2D eigenvalue weighted by atomic mass is 9.64. The molecule has 6 atom stereocenters. The highest BCUT2D eigenvalue weighted by atomic mass is 15.1. The van der Waals surface area contributed by atoms with Gasteiger partial charge in [0.05, 0.1) is 0 Å². The molecule has 2 heteroatoms. The van der Waals surface area contributed by atoms with Crippen molar-refractivity contribution in [2.45, 2.75) is 145 Å². The van der Waals surface area contributed by atoms with Gasteiger partial charge in [-0.15, -0.1) is 0 Å². The third kappa shape index (κ3) is 6.81. The van der Waals surface area contributed by atoms with Crippen molar-refractivity contribution in [3.8, 4) is 0 Å². The first-order valence-electron chi connectivity index (χ1n) is 15.5. The SMILES string of the molecule is CC1CC(C(C)C)C(NC2CCCCC2NC2C(C(C)C)CC(C)CC2C(C)C)C(C(C)C)C1. The van der Waals surface area contributed by atoms with Gasteiger partial charge in [-0.1, -0.05) is 82.1 Å². The normalized spacial score (nSPS) is 42.2. The Bertz CT molecular complexity index is 508. The summed E-state index contributed by atoms with van der Waals surface area (Å²) in [6, 6.07) is 2.68. The molecular weight excluding hydrogens is 412 g/mol. The molecule has 0 aliphatic heterocycles. The first-order valence-corrected chi connectivity index (χ1v) is 15.5. The van der Waals surface area contributed by atoms with Gasteiger partial charge in [-0.05, 0) is 97.7 Å². The third-order valence-corrected chi connectivity index (χ3v) is 10.5. The van der Waals surface area contributed by atoms with Crippen molar-refractivity contribution in [1.82, 2.24) is 10.6 Å². The molecule has 0 heterocycles. The van der Waals surface area contributed by atoms with Gasteiger partial charge >= 0.3 is 0 Å². The molecule has 0 spiro atoms. The maximum atomic E-state index is 4.42. The Hall–Kier alpha value is -0.0800. The fraction of sp³-hybridized carbons (Fsp3) is 1.00. The molecule has 0 radical (unpaired) electrons. The standard InChI is InChI=1S/C32H62N2/c1-19(2)25-15-23(9)16-26(20(3)4)31(25)33-29-13-11-12-14-30(29)34-32-27(21(5)6)17-24(10)18-28(32)22(7)8/h19-34H,11-18H2,1-10H3. The van der Waals surface area contributed by atoms with Crippen LogP contribution < -0.4 is 10.6 Å². The molecule has 200 valence electrons. The fourth-order valence-corrected chi connectivity index (χ4v) is 8.54. The van der Waals surface area contributed by atoms with Gasteiger partial charge in [0.25, 0.3) is 0 Å². The molecule has 3 aliphatic carbocycles. The van der Waals surface area contributed by atoms with Gasteiger partial charge in [-0.25, -0.2) is 0 Å². The smallest absolute Gasteiger partial charge is 0.0224 e. The molecule has 3 aliphatic rings. The van der Waals surface area contributed by atoms with Gasteiger partial charge in [-0.3, -0.25) is 0 Å². The Kier molecular flexibility index (Phi) is 10.4. The van der Waals surface area contributed by atoms with E-state index in [4.69, 9.17) is 0 Å². The van der Waals surface area contributed by atoms with Crippen molar-refractivity contribution in [3.05, 3.63) is 0 Å². The van der Waals surface area contributed by atoms with E-state index in [2.05, 4.69) is 79.9 Å². The van der Waals surface area contributed by atoms with Gasteiger partial charge in [0, 0.05) is 24.2 Å². The highest BCUT2D eigenvalue weighted by Gasteiger charge is 2.44. The van der Waals surface area contributed by atoms with Crippen molar-refractivity contribution in [1.29, 1.82) is 0 Å². The minimum absolute atomic E-state index is 0.648. The lowest BCUT2D eigenvalue weighted by Gasteiger charge is -2.51. The van der Waals surface area contributed by atoms with E-state index >= 15 is 0 Å². The lowest BCUT2D eigenvalue weighted by Crippen LogP contribution is -2.62. The van der Waals surface area contributed by atoms with E-state index < -0.39 is 0 Å². The van der Waals surface area contributed by atoms with Crippen molar-refractivity contribution in [3.63, 3.8) is 0 Å². The Balaban J connectivity index is 1.81. The maximum Gasteiger partial charge on any atom is 0.0224 e. The average Bonchev–Trinajstić information content (AvgIpc) is 2.76. The quantitative estimate of drug-likeness (QED) is 0.371. The Morgan fingerprint density at radius 2 is 0.735 bits per heavy atom. The van der Waals surface area contributed by atoms with E-state index in [0.717, 1.165) is 59.2 Å². The van der Waals surface area contributed by atoms with E-state index in [1.54, 1.807) is 0 Å². The molecule has 0 saturated heterocycles. The molecule has 3 saturated carbocycles. The predicted octanol–water partition coefficient (Wildman–Crippen LogP) is 8.16. The number of hydrogen-bond acceptors (Lipinski definition) is 2. The zero-order valence-corrected chi connectivity index (χ0v) is 24.7. The summed E-state index contributed by atoms with van der Waals surface area (Å²) in [4.78, 5) is 0. The van der Waals surface area contributed by atoms with Crippen LogP contribution >= 0.6 is 0 Å². The summed E-state index contributed by atoms with van der Waals surface area (Å²) < 4.78 is 0. The largest absolute Gasteiger partial charge is 0.309 e. The molecule has 3 rings (SSSR count). The monoisotopic (exact) mass is 474 g/mol. The Morgan fingerprint density at radius 1 is 0.471 bits per heavy atom. The fourth-order valence-electron chi connectivity index (χ4n) is 8.54. The van der Waals surface area contributed by atoms with Crippen LogP contribution in [-0.4, -0.2) is 24.2 Å². The Labute approximate surface area is 214 Å². The topological polar surface area (TPSA) is 24.1 Å². The van der Waals surface area contributed by atoms with E-state index in [0.29, 0.717) is 24.2 Å². The molecular formula is C32H62N2. The molecule has 0 aromatic heterocycles. The number of rotatable bonds is 8. The molecule has 2 nitrogen and oxygen atoms in total. The van der Waals surface area contributed by atoms with Crippen LogP contribution in [0.1, 0.15) is 121 Å². The van der Waals surface area contributed by atoms with Crippen LogP contribution in [0.25, 0.3) is 0 Å². The van der Waals surface area contributed by atoms with Crippen molar-refractivity contribution in [2.24, 2.45) is 59.2 Å². The molecule has 6 unspecified atom stereocenters. The second-order valence-electron chi connectivity index (χ2n) is 14.7. The van der Waals surface area contributed by atoms with Crippen LogP contribution in [0.5, 0.6) is 0 Å². The summed E-state index contributed by atoms with van der Waals surface area (Å²) in [7, 11) is 0. The first kappa shape index (κ1) is 28.5. The average molecular weight is 475 g/mol. The maximum absolute atomic E-state index is 4.42. The summed E-state index contributed by atoms with van der Waals surface area (Å²) in [5.41, 5.74) is 0. The molecule has 0 bridgehead atoms. The zero-order chi connectivity index (χ0) is 25.2. The van der Waals surface area contributed by atoms with Gasteiger partial charge in [0.2, 0.25) is 0 Å². The summed E-state index contributed by atoms with van der Waals surface area (Å²) in [5.74, 6) is 8.11. The van der Waals surface area contributed by atoms with Crippen LogP contribution in [0.15, 0.2) is 0 Å². The highest BCUT2D eigenvalue weighted by Crippen LogP contribution is 2.43. The zero-order valence-electron chi connectivity index (χ0n) is 24.7. The van der Waals surface area contributed by atoms with Gasteiger partial charge < -0.3 is 10.6 Å². The molecule has 0 amide bonds. The van der Waals surface area contributed by atoms with Crippen molar-refractivity contribution in [2.75, 3.05) is 0 Å². The van der Waals surface area contributed by atoms with Gasteiger partial charge in [0.15, 0.2) is 0 Å². The van der Waals surface area contributed by atoms with Crippen molar-refractivity contribution < 1.29 is 0 Å². The number of nitrogens with one attached hydrogen (secondary N) is 2. The van der Waals surface area contributed by atoms with E-state index in [-0.39, 0.29) is 0 Å².